The van der Waals surface area contributed by atoms with Gasteiger partial charge >= 0.3 is 5.97 Å². The number of aromatic nitrogens is 2. The second kappa shape index (κ2) is 6.28. The van der Waals surface area contributed by atoms with E-state index < -0.39 is 6.10 Å². The number of thiophene rings is 1. The molecule has 0 spiro atoms. The number of allylic oxidation sites excluding steroid dienone is 2. The van der Waals surface area contributed by atoms with E-state index in [2.05, 4.69) is 16.0 Å². The van der Waals surface area contributed by atoms with Gasteiger partial charge in [0.2, 0.25) is 0 Å². The van der Waals surface area contributed by atoms with Crippen LogP contribution in [0.4, 0.5) is 0 Å². The lowest BCUT2D eigenvalue weighted by molar-refractivity contribution is -0.154. The number of aromatic amines is 1. The topological polar surface area (TPSA) is 72.0 Å². The molecule has 2 atom stereocenters. The average molecular weight is 332 g/mol. The number of hydrogen-bond acceptors (Lipinski definition) is 5. The number of hydrogen-bond donors (Lipinski definition) is 1. The average Bonchev–Trinajstić information content (AvgIpc) is 2.83. The monoisotopic (exact) mass is 332 g/mol. The first-order valence-corrected chi connectivity index (χ1v) is 8.64. The van der Waals surface area contributed by atoms with Crippen molar-refractivity contribution in [2.24, 2.45) is 5.92 Å². The first kappa shape index (κ1) is 15.9. The fourth-order valence-corrected chi connectivity index (χ4v) is 3.83. The molecule has 0 bridgehead atoms. The van der Waals surface area contributed by atoms with Crippen LogP contribution in [0.3, 0.4) is 0 Å². The van der Waals surface area contributed by atoms with Gasteiger partial charge in [-0.15, -0.1) is 11.3 Å². The summed E-state index contributed by atoms with van der Waals surface area (Å²) in [7, 11) is 0. The quantitative estimate of drug-likeness (QED) is 0.689. The molecule has 3 rings (SSSR count). The van der Waals surface area contributed by atoms with Gasteiger partial charge in [0.05, 0.1) is 11.3 Å². The molecule has 6 heteroatoms. The molecule has 122 valence electrons. The van der Waals surface area contributed by atoms with Gasteiger partial charge in [-0.25, -0.2) is 4.98 Å². The van der Waals surface area contributed by atoms with Gasteiger partial charge in [-0.1, -0.05) is 12.2 Å². The SMILES string of the molecule is Cc1sc2nc([C@H](C)OC(=O)[C@@H]3CC=CCC3)[nH]c(=O)c2c1C. The molecule has 1 aliphatic rings. The summed E-state index contributed by atoms with van der Waals surface area (Å²) in [6.07, 6.45) is 5.98. The number of H-pyrrole nitrogens is 1. The molecular formula is C17H20N2O3S. The van der Waals surface area contributed by atoms with Crippen molar-refractivity contribution in [1.29, 1.82) is 0 Å². The minimum atomic E-state index is -0.562. The number of fused-ring (bicyclic) bond motifs is 1. The Morgan fingerprint density at radius 1 is 1.43 bits per heavy atom. The van der Waals surface area contributed by atoms with Crippen molar-refractivity contribution in [3.63, 3.8) is 0 Å². The lowest BCUT2D eigenvalue weighted by Crippen LogP contribution is -2.22. The second-order valence-electron chi connectivity index (χ2n) is 5.98. The Kier molecular flexibility index (Phi) is 4.35. The van der Waals surface area contributed by atoms with Crippen LogP contribution in [0.1, 0.15) is 48.6 Å². The van der Waals surface area contributed by atoms with Crippen LogP contribution < -0.4 is 5.56 Å². The normalized spacial score (nSPS) is 19.0. The van der Waals surface area contributed by atoms with E-state index in [-0.39, 0.29) is 17.4 Å². The zero-order chi connectivity index (χ0) is 16.6. The molecule has 0 fully saturated rings. The van der Waals surface area contributed by atoms with E-state index in [1.807, 2.05) is 19.9 Å². The lowest BCUT2D eigenvalue weighted by atomic mass is 9.95. The Hall–Kier alpha value is -1.95. The van der Waals surface area contributed by atoms with Crippen LogP contribution in [-0.2, 0) is 9.53 Å². The second-order valence-corrected chi connectivity index (χ2v) is 7.18. The third-order valence-corrected chi connectivity index (χ3v) is 5.44. The van der Waals surface area contributed by atoms with Crippen LogP contribution in [0.5, 0.6) is 0 Å². The molecule has 0 unspecified atom stereocenters. The maximum atomic E-state index is 12.3. The fraction of sp³-hybridized carbons (Fsp3) is 0.471. The molecule has 2 aromatic rings. The maximum Gasteiger partial charge on any atom is 0.309 e. The van der Waals surface area contributed by atoms with Crippen molar-refractivity contribution in [2.45, 2.75) is 46.1 Å². The van der Waals surface area contributed by atoms with Crippen molar-refractivity contribution in [2.75, 3.05) is 0 Å². The third-order valence-electron chi connectivity index (χ3n) is 4.34. The van der Waals surface area contributed by atoms with Gasteiger partial charge in [-0.3, -0.25) is 9.59 Å². The fourth-order valence-electron chi connectivity index (χ4n) is 2.80. The highest BCUT2D eigenvalue weighted by atomic mass is 32.1. The van der Waals surface area contributed by atoms with Crippen LogP contribution in [-0.4, -0.2) is 15.9 Å². The van der Waals surface area contributed by atoms with Gasteiger partial charge in [0, 0.05) is 4.88 Å². The first-order valence-electron chi connectivity index (χ1n) is 7.82. The number of rotatable bonds is 3. The number of carbonyl (C=O) groups excluding carboxylic acids is 1. The zero-order valence-electron chi connectivity index (χ0n) is 13.5. The van der Waals surface area contributed by atoms with Gasteiger partial charge in [-0.05, 0) is 45.6 Å². The highest BCUT2D eigenvalue weighted by Gasteiger charge is 2.24. The van der Waals surface area contributed by atoms with Crippen molar-refractivity contribution in [3.8, 4) is 0 Å². The van der Waals surface area contributed by atoms with E-state index in [9.17, 15) is 9.59 Å². The molecule has 0 aliphatic heterocycles. The highest BCUT2D eigenvalue weighted by molar-refractivity contribution is 7.18. The minimum absolute atomic E-state index is 0.0934. The van der Waals surface area contributed by atoms with Gasteiger partial charge in [-0.2, -0.15) is 0 Å². The summed E-state index contributed by atoms with van der Waals surface area (Å²) in [5.41, 5.74) is 0.791. The van der Waals surface area contributed by atoms with E-state index in [1.54, 1.807) is 6.92 Å². The van der Waals surface area contributed by atoms with Crippen LogP contribution >= 0.6 is 11.3 Å². The molecule has 0 saturated carbocycles. The summed E-state index contributed by atoms with van der Waals surface area (Å²) < 4.78 is 5.52. The maximum absolute atomic E-state index is 12.3. The predicted molar refractivity (Wildman–Crippen MR) is 90.7 cm³/mol. The number of ether oxygens (including phenoxy) is 1. The number of carbonyl (C=O) groups is 1. The molecule has 2 aromatic heterocycles. The molecule has 0 aromatic carbocycles. The van der Waals surface area contributed by atoms with E-state index in [0.717, 1.165) is 29.7 Å². The van der Waals surface area contributed by atoms with E-state index in [1.165, 1.54) is 11.3 Å². The molecule has 23 heavy (non-hydrogen) atoms. The Morgan fingerprint density at radius 3 is 2.91 bits per heavy atom. The van der Waals surface area contributed by atoms with E-state index in [0.29, 0.717) is 16.0 Å². The summed E-state index contributed by atoms with van der Waals surface area (Å²) in [4.78, 5) is 33.5. The number of nitrogens with zero attached hydrogens (tertiary/aromatic N) is 1. The summed E-state index contributed by atoms with van der Waals surface area (Å²) >= 11 is 1.49. The van der Waals surface area contributed by atoms with Crippen LogP contribution in [0.15, 0.2) is 16.9 Å². The molecule has 0 radical (unpaired) electrons. The standard InChI is InChI=1S/C17H20N2O3S/c1-9-11(3)23-16-13(9)15(20)18-14(19-16)10(2)22-17(21)12-7-5-4-6-8-12/h4-5,10,12H,6-8H2,1-3H3,(H,18,19,20)/t10-,12+/m0/s1. The Balaban J connectivity index is 1.83. The van der Waals surface area contributed by atoms with E-state index >= 15 is 0 Å². The van der Waals surface area contributed by atoms with Gasteiger partial charge in [0.25, 0.3) is 5.56 Å². The van der Waals surface area contributed by atoms with E-state index in [4.69, 9.17) is 4.74 Å². The summed E-state index contributed by atoms with van der Waals surface area (Å²) in [6, 6.07) is 0. The van der Waals surface area contributed by atoms with Crippen molar-refractivity contribution >= 4 is 27.5 Å². The van der Waals surface area contributed by atoms with Crippen molar-refractivity contribution in [1.82, 2.24) is 9.97 Å². The first-order chi connectivity index (χ1) is 11.0. The van der Waals surface area contributed by atoms with Gasteiger partial charge in [0.15, 0.2) is 11.9 Å². The predicted octanol–water partition coefficient (Wildman–Crippen LogP) is 3.56. The molecule has 1 N–H and O–H groups in total. The van der Waals surface area contributed by atoms with Gasteiger partial charge in [0.1, 0.15) is 4.83 Å². The minimum Gasteiger partial charge on any atom is -0.454 e. The highest BCUT2D eigenvalue weighted by Crippen LogP contribution is 2.27. The van der Waals surface area contributed by atoms with Crippen LogP contribution in [0, 0.1) is 19.8 Å². The molecule has 0 amide bonds. The Morgan fingerprint density at radius 2 is 2.22 bits per heavy atom. The molecular weight excluding hydrogens is 312 g/mol. The van der Waals surface area contributed by atoms with Crippen LogP contribution in [0.2, 0.25) is 0 Å². The number of esters is 1. The van der Waals surface area contributed by atoms with Gasteiger partial charge < -0.3 is 9.72 Å². The molecule has 2 heterocycles. The third kappa shape index (κ3) is 3.08. The van der Waals surface area contributed by atoms with Crippen LogP contribution in [0.25, 0.3) is 10.2 Å². The summed E-state index contributed by atoms with van der Waals surface area (Å²) in [5.74, 6) is 0.0933. The lowest BCUT2D eigenvalue weighted by Gasteiger charge is -2.19. The summed E-state index contributed by atoms with van der Waals surface area (Å²) in [5, 5.41) is 0.632. The molecule has 5 nitrogen and oxygen atoms in total. The van der Waals surface area contributed by atoms with Crippen molar-refractivity contribution in [3.05, 3.63) is 38.8 Å². The zero-order valence-corrected chi connectivity index (χ0v) is 14.3. The number of nitrogens with one attached hydrogen (secondary N) is 1. The largest absolute Gasteiger partial charge is 0.454 e. The van der Waals surface area contributed by atoms with Crippen molar-refractivity contribution < 1.29 is 9.53 Å². The molecule has 1 aliphatic carbocycles. The summed E-state index contributed by atoms with van der Waals surface area (Å²) in [6.45, 7) is 5.64. The number of aryl methyl sites for hydroxylation is 2. The Bertz CT molecular complexity index is 834. The molecule has 0 saturated heterocycles. The Labute approximate surface area is 138 Å². The smallest absolute Gasteiger partial charge is 0.309 e.